The highest BCUT2D eigenvalue weighted by molar-refractivity contribution is 5.92. The Kier molecular flexibility index (Phi) is 3.15. The molecule has 1 aromatic carbocycles. The van der Waals surface area contributed by atoms with Crippen LogP contribution in [0.15, 0.2) is 41.0 Å². The fourth-order valence-electron chi connectivity index (χ4n) is 1.48. The van der Waals surface area contributed by atoms with Crippen LogP contribution in [0.5, 0.6) is 0 Å². The minimum Gasteiger partial charge on any atom is -0.442 e. The van der Waals surface area contributed by atoms with Gasteiger partial charge in [-0.15, -0.1) is 0 Å². The third-order valence-corrected chi connectivity index (χ3v) is 2.29. The van der Waals surface area contributed by atoms with Gasteiger partial charge in [0.05, 0.1) is 0 Å². The molecule has 0 aliphatic rings. The number of benzene rings is 1. The number of carbonyl (C=O) groups is 1. The summed E-state index contributed by atoms with van der Waals surface area (Å²) in [5, 5.41) is 0. The first kappa shape index (κ1) is 10.6. The molecule has 0 amide bonds. The molecule has 0 spiro atoms. The molecule has 16 heavy (non-hydrogen) atoms. The zero-order valence-corrected chi connectivity index (χ0v) is 9.14. The van der Waals surface area contributed by atoms with Crippen molar-refractivity contribution in [1.29, 1.82) is 0 Å². The highest BCUT2D eigenvalue weighted by atomic mass is 16.3. The van der Waals surface area contributed by atoms with Crippen molar-refractivity contribution in [2.24, 2.45) is 0 Å². The minimum atomic E-state index is -0.0373. The van der Waals surface area contributed by atoms with Gasteiger partial charge in [0, 0.05) is 12.0 Å². The molecule has 0 fully saturated rings. The first-order valence-corrected chi connectivity index (χ1v) is 5.35. The Bertz CT molecular complexity index is 474. The van der Waals surface area contributed by atoms with Crippen molar-refractivity contribution in [2.75, 3.05) is 0 Å². The number of aromatic nitrogens is 1. The van der Waals surface area contributed by atoms with Gasteiger partial charge in [-0.05, 0) is 6.42 Å². The third kappa shape index (κ3) is 2.19. The summed E-state index contributed by atoms with van der Waals surface area (Å²) >= 11 is 0. The van der Waals surface area contributed by atoms with E-state index in [0.717, 1.165) is 12.0 Å². The molecule has 3 nitrogen and oxygen atoms in total. The van der Waals surface area contributed by atoms with Crippen molar-refractivity contribution in [3.05, 3.63) is 42.5 Å². The molecule has 0 N–H and O–H groups in total. The molecule has 0 saturated heterocycles. The highest BCUT2D eigenvalue weighted by Crippen LogP contribution is 2.18. The molecule has 0 radical (unpaired) electrons. The second-order valence-corrected chi connectivity index (χ2v) is 3.58. The van der Waals surface area contributed by atoms with Crippen LogP contribution in [0.2, 0.25) is 0 Å². The van der Waals surface area contributed by atoms with E-state index in [4.69, 9.17) is 4.42 Å². The summed E-state index contributed by atoms with van der Waals surface area (Å²) in [6, 6.07) is 9.67. The molecule has 0 bridgehead atoms. The Morgan fingerprint density at radius 3 is 2.75 bits per heavy atom. The molecule has 0 unspecified atom stereocenters. The maximum Gasteiger partial charge on any atom is 0.263 e. The van der Waals surface area contributed by atoms with E-state index < -0.39 is 0 Å². The predicted molar refractivity (Wildman–Crippen MR) is 61.2 cm³/mol. The molecule has 0 aliphatic heterocycles. The molecule has 82 valence electrons. The van der Waals surface area contributed by atoms with Gasteiger partial charge >= 0.3 is 0 Å². The SMILES string of the molecule is CCCC(=O)c1nc(-c2ccccc2)co1. The normalized spacial score (nSPS) is 10.3. The molecule has 0 saturated carbocycles. The average molecular weight is 215 g/mol. The monoisotopic (exact) mass is 215 g/mol. The Balaban J connectivity index is 2.23. The summed E-state index contributed by atoms with van der Waals surface area (Å²) in [6.07, 6.45) is 2.81. The molecule has 0 aliphatic carbocycles. The summed E-state index contributed by atoms with van der Waals surface area (Å²) in [7, 11) is 0. The lowest BCUT2D eigenvalue weighted by atomic mass is 10.2. The summed E-state index contributed by atoms with van der Waals surface area (Å²) in [4.78, 5) is 15.7. The second-order valence-electron chi connectivity index (χ2n) is 3.58. The first-order valence-electron chi connectivity index (χ1n) is 5.35. The number of ketones is 1. The van der Waals surface area contributed by atoms with Crippen molar-refractivity contribution in [3.8, 4) is 11.3 Å². The van der Waals surface area contributed by atoms with Gasteiger partial charge in [0.15, 0.2) is 0 Å². The average Bonchev–Trinajstić information content (AvgIpc) is 2.80. The van der Waals surface area contributed by atoms with Crippen LogP contribution in [-0.4, -0.2) is 10.8 Å². The van der Waals surface area contributed by atoms with Crippen LogP contribution in [0.3, 0.4) is 0 Å². The van der Waals surface area contributed by atoms with E-state index >= 15 is 0 Å². The van der Waals surface area contributed by atoms with Crippen LogP contribution in [0.4, 0.5) is 0 Å². The van der Waals surface area contributed by atoms with Gasteiger partial charge in [-0.25, -0.2) is 4.98 Å². The Labute approximate surface area is 94.1 Å². The number of oxazole rings is 1. The van der Waals surface area contributed by atoms with Crippen LogP contribution in [0.25, 0.3) is 11.3 Å². The van der Waals surface area contributed by atoms with E-state index in [9.17, 15) is 4.79 Å². The van der Waals surface area contributed by atoms with E-state index in [1.54, 1.807) is 0 Å². The summed E-state index contributed by atoms with van der Waals surface area (Å²) in [5.41, 5.74) is 1.67. The molecular formula is C13H13NO2. The number of rotatable bonds is 4. The third-order valence-electron chi connectivity index (χ3n) is 2.29. The standard InChI is InChI=1S/C13H13NO2/c1-2-6-12(15)13-14-11(9-16-13)10-7-4-3-5-8-10/h3-5,7-9H,2,6H2,1H3. The van der Waals surface area contributed by atoms with Crippen LogP contribution in [-0.2, 0) is 0 Å². The fourth-order valence-corrected chi connectivity index (χ4v) is 1.48. The number of carbonyl (C=O) groups excluding carboxylic acids is 1. The van der Waals surface area contributed by atoms with Crippen LogP contribution in [0.1, 0.15) is 30.5 Å². The first-order chi connectivity index (χ1) is 7.81. The van der Waals surface area contributed by atoms with Gasteiger partial charge in [0.2, 0.25) is 5.78 Å². The van der Waals surface area contributed by atoms with Gasteiger partial charge in [-0.2, -0.15) is 0 Å². The Morgan fingerprint density at radius 1 is 1.31 bits per heavy atom. The second kappa shape index (κ2) is 4.75. The van der Waals surface area contributed by atoms with Crippen molar-refractivity contribution < 1.29 is 9.21 Å². The molecular weight excluding hydrogens is 202 g/mol. The summed E-state index contributed by atoms with van der Waals surface area (Å²) < 4.78 is 5.17. The smallest absolute Gasteiger partial charge is 0.263 e. The lowest BCUT2D eigenvalue weighted by Crippen LogP contribution is -1.97. The van der Waals surface area contributed by atoms with Gasteiger partial charge in [-0.3, -0.25) is 4.79 Å². The number of hydrogen-bond acceptors (Lipinski definition) is 3. The lowest BCUT2D eigenvalue weighted by Gasteiger charge is -1.92. The van der Waals surface area contributed by atoms with E-state index in [1.807, 2.05) is 37.3 Å². The topological polar surface area (TPSA) is 43.1 Å². The highest BCUT2D eigenvalue weighted by Gasteiger charge is 2.12. The van der Waals surface area contributed by atoms with Gasteiger partial charge in [0.1, 0.15) is 12.0 Å². The van der Waals surface area contributed by atoms with Crippen molar-refractivity contribution in [2.45, 2.75) is 19.8 Å². The zero-order chi connectivity index (χ0) is 11.4. The van der Waals surface area contributed by atoms with Crippen LogP contribution < -0.4 is 0 Å². The minimum absolute atomic E-state index is 0.0373. The fraction of sp³-hybridized carbons (Fsp3) is 0.231. The molecule has 3 heteroatoms. The summed E-state index contributed by atoms with van der Waals surface area (Å²) in [5.74, 6) is 0.172. The van der Waals surface area contributed by atoms with Crippen molar-refractivity contribution >= 4 is 5.78 Å². The van der Waals surface area contributed by atoms with E-state index in [-0.39, 0.29) is 11.7 Å². The largest absolute Gasteiger partial charge is 0.442 e. The lowest BCUT2D eigenvalue weighted by molar-refractivity contribution is 0.0948. The Hall–Kier alpha value is -1.90. The van der Waals surface area contributed by atoms with Gasteiger partial charge < -0.3 is 4.42 Å². The molecule has 1 heterocycles. The van der Waals surface area contributed by atoms with E-state index in [0.29, 0.717) is 12.1 Å². The number of nitrogens with zero attached hydrogens (tertiary/aromatic N) is 1. The maximum atomic E-state index is 11.5. The number of Topliss-reactive ketones (excluding diaryl/α,β-unsaturated/α-hetero) is 1. The molecule has 1 aromatic heterocycles. The van der Waals surface area contributed by atoms with E-state index in [1.165, 1.54) is 6.26 Å². The van der Waals surface area contributed by atoms with Crippen molar-refractivity contribution in [1.82, 2.24) is 4.98 Å². The van der Waals surface area contributed by atoms with Crippen LogP contribution in [0, 0.1) is 0 Å². The summed E-state index contributed by atoms with van der Waals surface area (Å²) in [6.45, 7) is 1.96. The van der Waals surface area contributed by atoms with Crippen LogP contribution >= 0.6 is 0 Å². The predicted octanol–water partition coefficient (Wildman–Crippen LogP) is 3.32. The maximum absolute atomic E-state index is 11.5. The molecule has 2 aromatic rings. The molecule has 0 atom stereocenters. The van der Waals surface area contributed by atoms with Gasteiger partial charge in [-0.1, -0.05) is 37.3 Å². The van der Waals surface area contributed by atoms with Gasteiger partial charge in [0.25, 0.3) is 5.89 Å². The number of hydrogen-bond donors (Lipinski definition) is 0. The molecule has 2 rings (SSSR count). The zero-order valence-electron chi connectivity index (χ0n) is 9.14. The van der Waals surface area contributed by atoms with E-state index in [2.05, 4.69) is 4.98 Å². The van der Waals surface area contributed by atoms with Crippen molar-refractivity contribution in [3.63, 3.8) is 0 Å². The Morgan fingerprint density at radius 2 is 2.06 bits per heavy atom. The quantitative estimate of drug-likeness (QED) is 0.735.